The summed E-state index contributed by atoms with van der Waals surface area (Å²) in [5.41, 5.74) is 2.04. The number of rotatable bonds is 2. The summed E-state index contributed by atoms with van der Waals surface area (Å²) in [6.07, 6.45) is 0. The maximum atomic E-state index is 12.9. The molecule has 0 fully saturated rings. The second-order valence-corrected chi connectivity index (χ2v) is 9.06. The molecule has 0 bridgehead atoms. The Kier molecular flexibility index (Phi) is 3.95. The predicted octanol–water partition coefficient (Wildman–Crippen LogP) is 3.81. The van der Waals surface area contributed by atoms with Crippen LogP contribution in [0.3, 0.4) is 0 Å². The van der Waals surface area contributed by atoms with Gasteiger partial charge < -0.3 is 5.32 Å². The number of carbonyl (C=O) groups is 1. The third-order valence-corrected chi connectivity index (χ3v) is 5.75. The lowest BCUT2D eigenvalue weighted by atomic mass is 10.1. The minimum absolute atomic E-state index is 0.179. The van der Waals surface area contributed by atoms with Crippen molar-refractivity contribution in [2.45, 2.75) is 37.8 Å². The van der Waals surface area contributed by atoms with Gasteiger partial charge in [-0.1, -0.05) is 30.3 Å². The third kappa shape index (κ3) is 2.94. The van der Waals surface area contributed by atoms with E-state index < -0.39 is 10.8 Å². The number of carbonyl (C=O) groups excluding carboxylic acids is 1. The summed E-state index contributed by atoms with van der Waals surface area (Å²) in [5.74, 6) is 1.38. The Morgan fingerprint density at radius 2 is 1.85 bits per heavy atom. The van der Waals surface area contributed by atoms with Crippen molar-refractivity contribution in [3.8, 4) is 0 Å². The van der Waals surface area contributed by atoms with Crippen LogP contribution >= 0.6 is 0 Å². The van der Waals surface area contributed by atoms with Crippen LogP contribution in [0.15, 0.2) is 42.5 Å². The third-order valence-electron chi connectivity index (χ3n) is 4.55. The smallest absolute Gasteiger partial charge is 0.256 e. The fourth-order valence-electron chi connectivity index (χ4n) is 3.25. The highest BCUT2D eigenvalue weighted by Crippen LogP contribution is 2.33. The summed E-state index contributed by atoms with van der Waals surface area (Å²) in [4.78, 5) is 12.9. The first-order valence-corrected chi connectivity index (χ1v) is 10.1. The Labute approximate surface area is 154 Å². The number of anilines is 1. The van der Waals surface area contributed by atoms with E-state index in [0.29, 0.717) is 22.9 Å². The van der Waals surface area contributed by atoms with Crippen LogP contribution in [-0.4, -0.2) is 19.9 Å². The van der Waals surface area contributed by atoms with Gasteiger partial charge in [0.25, 0.3) is 5.91 Å². The van der Waals surface area contributed by atoms with Crippen molar-refractivity contribution in [1.29, 1.82) is 0 Å². The predicted molar refractivity (Wildman–Crippen MR) is 105 cm³/mol. The molecule has 1 aliphatic rings. The molecule has 1 aliphatic heterocycles. The van der Waals surface area contributed by atoms with Crippen LogP contribution in [0.5, 0.6) is 0 Å². The molecule has 1 aromatic heterocycles. The largest absolute Gasteiger partial charge is 0.306 e. The first-order chi connectivity index (χ1) is 12.3. The quantitative estimate of drug-likeness (QED) is 0.749. The molecule has 26 heavy (non-hydrogen) atoms. The Balaban J connectivity index is 1.72. The molecule has 134 valence electrons. The van der Waals surface area contributed by atoms with Gasteiger partial charge in [-0.3, -0.25) is 9.00 Å². The van der Waals surface area contributed by atoms with E-state index in [0.717, 1.165) is 22.0 Å². The average Bonchev–Trinajstić information content (AvgIpc) is 3.11. The van der Waals surface area contributed by atoms with Gasteiger partial charge in [-0.2, -0.15) is 5.10 Å². The lowest BCUT2D eigenvalue weighted by Gasteiger charge is -2.23. The van der Waals surface area contributed by atoms with Crippen molar-refractivity contribution < 1.29 is 9.00 Å². The van der Waals surface area contributed by atoms with Crippen molar-refractivity contribution in [2.24, 2.45) is 0 Å². The van der Waals surface area contributed by atoms with Crippen molar-refractivity contribution in [1.82, 2.24) is 9.78 Å². The summed E-state index contributed by atoms with van der Waals surface area (Å²) in [7, 11) is -0.939. The number of hydrogen-bond acceptors (Lipinski definition) is 3. The fraction of sp³-hybridized carbons (Fsp3) is 0.300. The number of nitrogens with one attached hydrogen (secondary N) is 1. The molecule has 0 aliphatic carbocycles. The zero-order valence-corrected chi connectivity index (χ0v) is 15.9. The number of amides is 1. The Morgan fingerprint density at radius 1 is 1.12 bits per heavy atom. The van der Waals surface area contributed by atoms with Gasteiger partial charge in [0.2, 0.25) is 0 Å². The van der Waals surface area contributed by atoms with Gasteiger partial charge in [0.15, 0.2) is 0 Å². The van der Waals surface area contributed by atoms with Crippen LogP contribution in [0.4, 0.5) is 5.82 Å². The van der Waals surface area contributed by atoms with Gasteiger partial charge in [0.05, 0.1) is 22.7 Å². The molecule has 6 heteroatoms. The van der Waals surface area contributed by atoms with E-state index in [2.05, 4.69) is 10.4 Å². The van der Waals surface area contributed by atoms with Crippen LogP contribution in [0.25, 0.3) is 10.8 Å². The molecule has 5 nitrogen and oxygen atoms in total. The molecular formula is C20H21N3O2S. The van der Waals surface area contributed by atoms with Gasteiger partial charge in [0, 0.05) is 21.9 Å². The highest BCUT2D eigenvalue weighted by Gasteiger charge is 2.31. The molecule has 0 unspecified atom stereocenters. The standard InChI is InChI=1S/C20H21N3O2S/c1-20(2,3)23-18(16-11-26(25)12-17(16)22-23)21-19(24)15-9-8-13-6-4-5-7-14(13)10-15/h4-10H,11-12H2,1-3H3,(H,21,24)/t26-/m0/s1. The van der Waals surface area contributed by atoms with Crippen LogP contribution in [0.1, 0.15) is 42.4 Å². The molecule has 4 rings (SSSR count). The first kappa shape index (κ1) is 17.0. The van der Waals surface area contributed by atoms with Crippen LogP contribution in [-0.2, 0) is 27.8 Å². The Hall–Kier alpha value is -2.47. The SMILES string of the molecule is CC(C)(C)n1nc2c(c1NC(=O)c1ccc3ccccc3c1)C[S@](=O)C2. The van der Waals surface area contributed by atoms with Crippen molar-refractivity contribution in [3.05, 3.63) is 59.3 Å². The van der Waals surface area contributed by atoms with Crippen molar-refractivity contribution >= 4 is 33.3 Å². The number of benzene rings is 2. The van der Waals surface area contributed by atoms with E-state index >= 15 is 0 Å². The molecule has 1 atom stereocenters. The van der Waals surface area contributed by atoms with Crippen molar-refractivity contribution in [3.63, 3.8) is 0 Å². The molecule has 1 N–H and O–H groups in total. The topological polar surface area (TPSA) is 64.0 Å². The summed E-state index contributed by atoms with van der Waals surface area (Å²) in [6, 6.07) is 13.6. The van der Waals surface area contributed by atoms with E-state index in [-0.39, 0.29) is 11.4 Å². The maximum absolute atomic E-state index is 12.9. The van der Waals surface area contributed by atoms with E-state index in [9.17, 15) is 9.00 Å². The number of nitrogens with zero attached hydrogens (tertiary/aromatic N) is 2. The monoisotopic (exact) mass is 367 g/mol. The molecule has 3 aromatic rings. The van der Waals surface area contributed by atoms with Crippen molar-refractivity contribution in [2.75, 3.05) is 5.32 Å². The number of fused-ring (bicyclic) bond motifs is 2. The maximum Gasteiger partial charge on any atom is 0.256 e. The average molecular weight is 367 g/mol. The molecule has 0 radical (unpaired) electrons. The summed E-state index contributed by atoms with van der Waals surface area (Å²) < 4.78 is 13.8. The summed E-state index contributed by atoms with van der Waals surface area (Å²) >= 11 is 0. The van der Waals surface area contributed by atoms with E-state index in [1.54, 1.807) is 0 Å². The van der Waals surface area contributed by atoms with Gasteiger partial charge in [-0.05, 0) is 43.7 Å². The van der Waals surface area contributed by atoms with Gasteiger partial charge >= 0.3 is 0 Å². The normalized spacial score (nSPS) is 16.7. The van der Waals surface area contributed by atoms with Crippen LogP contribution in [0, 0.1) is 0 Å². The molecule has 2 heterocycles. The molecule has 1 amide bonds. The Bertz CT molecular complexity index is 1050. The van der Waals surface area contributed by atoms with Gasteiger partial charge in [-0.15, -0.1) is 0 Å². The van der Waals surface area contributed by atoms with Gasteiger partial charge in [0.1, 0.15) is 5.82 Å². The highest BCUT2D eigenvalue weighted by molar-refractivity contribution is 7.83. The lowest BCUT2D eigenvalue weighted by Crippen LogP contribution is -2.27. The molecular weight excluding hydrogens is 346 g/mol. The van der Waals surface area contributed by atoms with E-state index in [1.165, 1.54) is 0 Å². The minimum atomic E-state index is -0.939. The summed E-state index contributed by atoms with van der Waals surface area (Å²) in [6.45, 7) is 6.12. The van der Waals surface area contributed by atoms with E-state index in [4.69, 9.17) is 0 Å². The fourth-order valence-corrected chi connectivity index (χ4v) is 4.52. The second-order valence-electron chi connectivity index (χ2n) is 7.60. The zero-order valence-electron chi connectivity index (χ0n) is 15.1. The number of hydrogen-bond donors (Lipinski definition) is 1. The van der Waals surface area contributed by atoms with Crippen LogP contribution in [0.2, 0.25) is 0 Å². The first-order valence-electron chi connectivity index (χ1n) is 8.59. The second kappa shape index (κ2) is 6.06. The Morgan fingerprint density at radius 3 is 2.58 bits per heavy atom. The minimum Gasteiger partial charge on any atom is -0.306 e. The van der Waals surface area contributed by atoms with E-state index in [1.807, 2.05) is 67.9 Å². The van der Waals surface area contributed by atoms with Gasteiger partial charge in [-0.25, -0.2) is 4.68 Å². The molecule has 0 saturated carbocycles. The highest BCUT2D eigenvalue weighted by atomic mass is 32.2. The lowest BCUT2D eigenvalue weighted by molar-refractivity contribution is 0.102. The molecule has 0 spiro atoms. The number of aromatic nitrogens is 2. The van der Waals surface area contributed by atoms with Crippen LogP contribution < -0.4 is 5.32 Å². The summed E-state index contributed by atoms with van der Waals surface area (Å²) in [5, 5.41) is 9.77. The zero-order chi connectivity index (χ0) is 18.5. The molecule has 2 aromatic carbocycles. The molecule has 0 saturated heterocycles.